The van der Waals surface area contributed by atoms with E-state index < -0.39 is 0 Å². The third-order valence-corrected chi connectivity index (χ3v) is 3.45. The molecule has 0 saturated carbocycles. The third kappa shape index (κ3) is 3.57. The fraction of sp³-hybridized carbons (Fsp3) is 0.200. The quantitative estimate of drug-likeness (QED) is 0.605. The van der Waals surface area contributed by atoms with Gasteiger partial charge in [-0.25, -0.2) is 0 Å². The molecule has 0 bridgehead atoms. The van der Waals surface area contributed by atoms with Gasteiger partial charge in [-0.15, -0.1) is 0 Å². The molecular formula is C15H14BrNO3. The van der Waals surface area contributed by atoms with Crippen LogP contribution in [-0.4, -0.2) is 11.5 Å². The molecule has 0 aromatic heterocycles. The third-order valence-electron chi connectivity index (χ3n) is 2.95. The van der Waals surface area contributed by atoms with Crippen LogP contribution in [-0.2, 0) is 6.42 Å². The van der Waals surface area contributed by atoms with Gasteiger partial charge in [-0.2, -0.15) is 0 Å². The number of rotatable bonds is 5. The van der Waals surface area contributed by atoms with E-state index in [1.807, 2.05) is 25.1 Å². The number of nitro groups is 1. The summed E-state index contributed by atoms with van der Waals surface area (Å²) in [4.78, 5) is 10.5. The minimum absolute atomic E-state index is 0.142. The van der Waals surface area contributed by atoms with E-state index in [0.717, 1.165) is 15.8 Å². The number of halogens is 1. The van der Waals surface area contributed by atoms with Crippen molar-refractivity contribution in [2.75, 3.05) is 6.61 Å². The maximum atomic E-state index is 10.9. The maximum Gasteiger partial charge on any atom is 0.272 e. The molecule has 0 radical (unpaired) electrons. The second-order valence-corrected chi connectivity index (χ2v) is 5.31. The standard InChI is InChI=1S/C15H14BrNO3/c1-11-10-13(16)6-7-15(11)20-9-8-12-4-2-3-5-14(12)17(18)19/h2-7,10H,8-9H2,1H3. The molecule has 2 rings (SSSR count). The molecule has 0 amide bonds. The Hall–Kier alpha value is -1.88. The van der Waals surface area contributed by atoms with Crippen LogP contribution in [0, 0.1) is 17.0 Å². The molecule has 0 aliphatic carbocycles. The highest BCUT2D eigenvalue weighted by atomic mass is 79.9. The second-order valence-electron chi connectivity index (χ2n) is 4.39. The van der Waals surface area contributed by atoms with E-state index in [4.69, 9.17) is 4.74 Å². The van der Waals surface area contributed by atoms with Gasteiger partial charge in [0.25, 0.3) is 5.69 Å². The van der Waals surface area contributed by atoms with E-state index in [9.17, 15) is 10.1 Å². The van der Waals surface area contributed by atoms with Gasteiger partial charge in [0.1, 0.15) is 5.75 Å². The summed E-state index contributed by atoms with van der Waals surface area (Å²) in [5.41, 5.74) is 1.86. The molecular weight excluding hydrogens is 322 g/mol. The summed E-state index contributed by atoms with van der Waals surface area (Å²) in [6.45, 7) is 2.37. The molecule has 0 saturated heterocycles. The molecule has 0 aliphatic heterocycles. The van der Waals surface area contributed by atoms with Gasteiger partial charge in [0.05, 0.1) is 11.5 Å². The summed E-state index contributed by atoms with van der Waals surface area (Å²) in [5, 5.41) is 10.9. The van der Waals surface area contributed by atoms with Crippen molar-refractivity contribution in [3.05, 3.63) is 68.2 Å². The smallest absolute Gasteiger partial charge is 0.272 e. The van der Waals surface area contributed by atoms with Crippen molar-refractivity contribution in [2.45, 2.75) is 13.3 Å². The SMILES string of the molecule is Cc1cc(Br)ccc1OCCc1ccccc1[N+](=O)[O-]. The lowest BCUT2D eigenvalue weighted by molar-refractivity contribution is -0.385. The first-order valence-electron chi connectivity index (χ1n) is 6.19. The zero-order valence-electron chi connectivity index (χ0n) is 11.0. The molecule has 2 aromatic rings. The number of para-hydroxylation sites is 1. The maximum absolute atomic E-state index is 10.9. The Bertz CT molecular complexity index is 628. The average molecular weight is 336 g/mol. The van der Waals surface area contributed by atoms with Crippen molar-refractivity contribution in [1.29, 1.82) is 0 Å². The number of hydrogen-bond donors (Lipinski definition) is 0. The van der Waals surface area contributed by atoms with Crippen LogP contribution in [0.2, 0.25) is 0 Å². The zero-order chi connectivity index (χ0) is 14.5. The van der Waals surface area contributed by atoms with Crippen LogP contribution in [0.1, 0.15) is 11.1 Å². The highest BCUT2D eigenvalue weighted by Crippen LogP contribution is 2.23. The van der Waals surface area contributed by atoms with Crippen molar-refractivity contribution in [3.63, 3.8) is 0 Å². The minimum Gasteiger partial charge on any atom is -0.493 e. The topological polar surface area (TPSA) is 52.4 Å². The Morgan fingerprint density at radius 1 is 1.25 bits per heavy atom. The second kappa shape index (κ2) is 6.52. The lowest BCUT2D eigenvalue weighted by Crippen LogP contribution is -2.04. The molecule has 0 spiro atoms. The van der Waals surface area contributed by atoms with Crippen LogP contribution in [0.4, 0.5) is 5.69 Å². The van der Waals surface area contributed by atoms with Crippen molar-refractivity contribution in [1.82, 2.24) is 0 Å². The Labute approximate surface area is 125 Å². The Morgan fingerprint density at radius 3 is 2.70 bits per heavy atom. The van der Waals surface area contributed by atoms with Gasteiger partial charge < -0.3 is 4.74 Å². The number of ether oxygens (including phenoxy) is 1. The number of benzene rings is 2. The summed E-state index contributed by atoms with van der Waals surface area (Å²) in [6.07, 6.45) is 0.507. The first-order chi connectivity index (χ1) is 9.58. The largest absolute Gasteiger partial charge is 0.493 e. The van der Waals surface area contributed by atoms with Crippen molar-refractivity contribution in [3.8, 4) is 5.75 Å². The zero-order valence-corrected chi connectivity index (χ0v) is 12.6. The molecule has 4 nitrogen and oxygen atoms in total. The van der Waals surface area contributed by atoms with Crippen LogP contribution >= 0.6 is 15.9 Å². The van der Waals surface area contributed by atoms with E-state index in [0.29, 0.717) is 18.6 Å². The predicted molar refractivity (Wildman–Crippen MR) is 81.2 cm³/mol. The van der Waals surface area contributed by atoms with E-state index in [1.54, 1.807) is 18.2 Å². The van der Waals surface area contributed by atoms with E-state index in [-0.39, 0.29) is 10.6 Å². The fourth-order valence-electron chi connectivity index (χ4n) is 1.95. The average Bonchev–Trinajstić information content (AvgIpc) is 2.41. The molecule has 20 heavy (non-hydrogen) atoms. The molecule has 0 N–H and O–H groups in total. The fourth-order valence-corrected chi connectivity index (χ4v) is 2.42. The van der Waals surface area contributed by atoms with Crippen LogP contribution in [0.5, 0.6) is 5.75 Å². The Kier molecular flexibility index (Phi) is 4.74. The van der Waals surface area contributed by atoms with Crippen molar-refractivity contribution >= 4 is 21.6 Å². The first-order valence-corrected chi connectivity index (χ1v) is 6.98. The normalized spacial score (nSPS) is 10.3. The van der Waals surface area contributed by atoms with E-state index in [1.165, 1.54) is 6.07 Å². The molecule has 0 aliphatic rings. The number of hydrogen-bond acceptors (Lipinski definition) is 3. The van der Waals surface area contributed by atoms with Gasteiger partial charge in [0.2, 0.25) is 0 Å². The number of nitrogens with zero attached hydrogens (tertiary/aromatic N) is 1. The lowest BCUT2D eigenvalue weighted by atomic mass is 10.1. The molecule has 5 heteroatoms. The summed E-state index contributed by atoms with van der Waals surface area (Å²) >= 11 is 3.40. The monoisotopic (exact) mass is 335 g/mol. The number of aryl methyl sites for hydroxylation is 1. The van der Waals surface area contributed by atoms with Crippen LogP contribution in [0.3, 0.4) is 0 Å². The number of nitro benzene ring substituents is 1. The van der Waals surface area contributed by atoms with E-state index >= 15 is 0 Å². The van der Waals surface area contributed by atoms with Crippen molar-refractivity contribution in [2.24, 2.45) is 0 Å². The lowest BCUT2D eigenvalue weighted by Gasteiger charge is -2.09. The summed E-state index contributed by atoms with van der Waals surface area (Å²) < 4.78 is 6.69. The molecule has 0 unspecified atom stereocenters. The first kappa shape index (κ1) is 14.5. The Balaban J connectivity index is 2.01. The highest BCUT2D eigenvalue weighted by molar-refractivity contribution is 9.10. The minimum atomic E-state index is -0.361. The molecule has 0 heterocycles. The summed E-state index contributed by atoms with van der Waals surface area (Å²) in [5.74, 6) is 0.798. The van der Waals surface area contributed by atoms with Crippen LogP contribution in [0.25, 0.3) is 0 Å². The van der Waals surface area contributed by atoms with Crippen LogP contribution < -0.4 is 4.74 Å². The van der Waals surface area contributed by atoms with Gasteiger partial charge in [0.15, 0.2) is 0 Å². The molecule has 2 aromatic carbocycles. The summed E-state index contributed by atoms with van der Waals surface area (Å²) in [7, 11) is 0. The highest BCUT2D eigenvalue weighted by Gasteiger charge is 2.12. The summed E-state index contributed by atoms with van der Waals surface area (Å²) in [6, 6.07) is 12.5. The van der Waals surface area contributed by atoms with Crippen LogP contribution in [0.15, 0.2) is 46.9 Å². The Morgan fingerprint density at radius 2 is 2.00 bits per heavy atom. The molecule has 104 valence electrons. The molecule has 0 fully saturated rings. The predicted octanol–water partition coefficient (Wildman–Crippen LogP) is 4.29. The molecule has 0 atom stereocenters. The van der Waals surface area contributed by atoms with Gasteiger partial charge in [-0.05, 0) is 30.7 Å². The van der Waals surface area contributed by atoms with Gasteiger partial charge >= 0.3 is 0 Å². The van der Waals surface area contributed by atoms with Gasteiger partial charge in [0, 0.05) is 22.5 Å². The van der Waals surface area contributed by atoms with Gasteiger partial charge in [-0.3, -0.25) is 10.1 Å². The van der Waals surface area contributed by atoms with Crippen molar-refractivity contribution < 1.29 is 9.66 Å². The van der Waals surface area contributed by atoms with Gasteiger partial charge in [-0.1, -0.05) is 34.1 Å². The van der Waals surface area contributed by atoms with E-state index in [2.05, 4.69) is 15.9 Å².